The summed E-state index contributed by atoms with van der Waals surface area (Å²) in [6.45, 7) is 0.901. The van der Waals surface area contributed by atoms with Crippen molar-refractivity contribution < 1.29 is 9.84 Å². The SMILES string of the molecule is COCC(NC(CO)Cc1ccccc1)C1CC1. The smallest absolute Gasteiger partial charge is 0.0618 e. The maximum atomic E-state index is 9.50. The van der Waals surface area contributed by atoms with E-state index < -0.39 is 0 Å². The van der Waals surface area contributed by atoms with E-state index >= 15 is 0 Å². The molecular weight excluding hydrogens is 226 g/mol. The number of aliphatic hydroxyl groups is 1. The summed E-state index contributed by atoms with van der Waals surface area (Å²) in [7, 11) is 1.74. The van der Waals surface area contributed by atoms with E-state index in [2.05, 4.69) is 17.4 Å². The van der Waals surface area contributed by atoms with Crippen LogP contribution in [0.5, 0.6) is 0 Å². The number of rotatable bonds is 8. The van der Waals surface area contributed by atoms with E-state index in [0.29, 0.717) is 6.04 Å². The molecular formula is C15H23NO2. The Morgan fingerprint density at radius 3 is 2.61 bits per heavy atom. The Labute approximate surface area is 109 Å². The standard InChI is InChI=1S/C15H23NO2/c1-18-11-15(13-7-8-13)16-14(10-17)9-12-5-3-2-4-6-12/h2-6,13-17H,7-11H2,1H3. The largest absolute Gasteiger partial charge is 0.395 e. The fourth-order valence-electron chi connectivity index (χ4n) is 2.38. The average Bonchev–Trinajstić information content (AvgIpc) is 3.22. The summed E-state index contributed by atoms with van der Waals surface area (Å²) < 4.78 is 5.26. The van der Waals surface area contributed by atoms with Crippen LogP contribution in [-0.2, 0) is 11.2 Å². The number of ether oxygens (including phenoxy) is 1. The summed E-state index contributed by atoms with van der Waals surface area (Å²) in [6, 6.07) is 10.8. The molecule has 0 radical (unpaired) electrons. The van der Waals surface area contributed by atoms with Crippen molar-refractivity contribution >= 4 is 0 Å². The van der Waals surface area contributed by atoms with Crippen molar-refractivity contribution in [1.29, 1.82) is 0 Å². The van der Waals surface area contributed by atoms with Crippen LogP contribution in [0.2, 0.25) is 0 Å². The molecule has 2 N–H and O–H groups in total. The van der Waals surface area contributed by atoms with Crippen LogP contribution in [-0.4, -0.2) is 37.5 Å². The lowest BCUT2D eigenvalue weighted by atomic mass is 10.0. The Kier molecular flexibility index (Phi) is 5.17. The van der Waals surface area contributed by atoms with Gasteiger partial charge in [0.2, 0.25) is 0 Å². The topological polar surface area (TPSA) is 41.5 Å². The van der Waals surface area contributed by atoms with Gasteiger partial charge in [0, 0.05) is 19.2 Å². The van der Waals surface area contributed by atoms with E-state index in [1.807, 2.05) is 18.2 Å². The maximum absolute atomic E-state index is 9.50. The van der Waals surface area contributed by atoms with Crippen LogP contribution >= 0.6 is 0 Å². The minimum Gasteiger partial charge on any atom is -0.395 e. The van der Waals surface area contributed by atoms with Gasteiger partial charge in [0.05, 0.1) is 13.2 Å². The van der Waals surface area contributed by atoms with Crippen molar-refractivity contribution in [2.75, 3.05) is 20.3 Å². The van der Waals surface area contributed by atoms with E-state index in [1.165, 1.54) is 18.4 Å². The Morgan fingerprint density at radius 1 is 1.33 bits per heavy atom. The highest BCUT2D eigenvalue weighted by Gasteiger charge is 2.32. The Bertz CT molecular complexity index is 338. The molecule has 0 spiro atoms. The minimum atomic E-state index is 0.119. The number of aliphatic hydroxyl groups excluding tert-OH is 1. The zero-order valence-corrected chi connectivity index (χ0v) is 11.0. The molecule has 0 aromatic heterocycles. The normalized spacial score (nSPS) is 18.6. The minimum absolute atomic E-state index is 0.119. The maximum Gasteiger partial charge on any atom is 0.0618 e. The lowest BCUT2D eigenvalue weighted by Gasteiger charge is -2.24. The highest BCUT2D eigenvalue weighted by atomic mass is 16.5. The van der Waals surface area contributed by atoms with Crippen LogP contribution in [0.25, 0.3) is 0 Å². The number of methoxy groups -OCH3 is 1. The number of benzene rings is 1. The molecule has 0 heterocycles. The zero-order chi connectivity index (χ0) is 12.8. The van der Waals surface area contributed by atoms with Gasteiger partial charge in [-0.25, -0.2) is 0 Å². The van der Waals surface area contributed by atoms with Crippen LogP contribution in [0, 0.1) is 5.92 Å². The van der Waals surface area contributed by atoms with Gasteiger partial charge in [-0.05, 0) is 30.7 Å². The van der Waals surface area contributed by atoms with E-state index in [4.69, 9.17) is 4.74 Å². The van der Waals surface area contributed by atoms with Crippen LogP contribution in [0.3, 0.4) is 0 Å². The van der Waals surface area contributed by atoms with Crippen molar-refractivity contribution in [3.63, 3.8) is 0 Å². The highest BCUT2D eigenvalue weighted by molar-refractivity contribution is 5.16. The third-order valence-corrected chi connectivity index (χ3v) is 3.53. The highest BCUT2D eigenvalue weighted by Crippen LogP contribution is 2.33. The van der Waals surface area contributed by atoms with Gasteiger partial charge in [-0.2, -0.15) is 0 Å². The Hall–Kier alpha value is -0.900. The first kappa shape index (κ1) is 13.5. The molecule has 1 aliphatic rings. The summed E-state index contributed by atoms with van der Waals surface area (Å²) in [5, 5.41) is 13.0. The van der Waals surface area contributed by atoms with Crippen LogP contribution in [0.4, 0.5) is 0 Å². The Morgan fingerprint density at radius 2 is 2.06 bits per heavy atom. The first-order chi connectivity index (χ1) is 8.83. The van der Waals surface area contributed by atoms with Gasteiger partial charge in [-0.15, -0.1) is 0 Å². The molecule has 1 saturated carbocycles. The molecule has 0 amide bonds. The summed E-state index contributed by atoms with van der Waals surface area (Å²) in [4.78, 5) is 0. The van der Waals surface area contributed by atoms with Crippen molar-refractivity contribution in [3.8, 4) is 0 Å². The van der Waals surface area contributed by atoms with E-state index in [-0.39, 0.29) is 12.6 Å². The summed E-state index contributed by atoms with van der Waals surface area (Å²) in [5.41, 5.74) is 1.26. The van der Waals surface area contributed by atoms with Crippen LogP contribution < -0.4 is 5.32 Å². The molecule has 2 unspecified atom stereocenters. The Balaban J connectivity index is 1.87. The predicted molar refractivity (Wildman–Crippen MR) is 72.5 cm³/mol. The van der Waals surface area contributed by atoms with Gasteiger partial charge < -0.3 is 15.2 Å². The second-order valence-electron chi connectivity index (χ2n) is 5.14. The molecule has 3 nitrogen and oxygen atoms in total. The van der Waals surface area contributed by atoms with Crippen molar-refractivity contribution in [2.24, 2.45) is 5.92 Å². The van der Waals surface area contributed by atoms with Crippen LogP contribution in [0.1, 0.15) is 18.4 Å². The van der Waals surface area contributed by atoms with Gasteiger partial charge in [0.15, 0.2) is 0 Å². The number of hydrogen-bond donors (Lipinski definition) is 2. The fraction of sp³-hybridized carbons (Fsp3) is 0.600. The number of nitrogens with one attached hydrogen (secondary N) is 1. The zero-order valence-electron chi connectivity index (χ0n) is 11.0. The monoisotopic (exact) mass is 249 g/mol. The molecule has 2 atom stereocenters. The molecule has 100 valence electrons. The summed E-state index contributed by atoms with van der Waals surface area (Å²) in [6.07, 6.45) is 3.43. The third-order valence-electron chi connectivity index (χ3n) is 3.53. The molecule has 2 rings (SSSR count). The molecule has 1 aromatic carbocycles. The molecule has 1 aliphatic carbocycles. The first-order valence-corrected chi connectivity index (χ1v) is 6.73. The van der Waals surface area contributed by atoms with E-state index in [1.54, 1.807) is 7.11 Å². The lowest BCUT2D eigenvalue weighted by molar-refractivity contribution is 0.139. The van der Waals surface area contributed by atoms with E-state index in [0.717, 1.165) is 18.9 Å². The van der Waals surface area contributed by atoms with Gasteiger partial charge in [0.25, 0.3) is 0 Å². The second kappa shape index (κ2) is 6.88. The molecule has 1 fully saturated rings. The third kappa shape index (κ3) is 4.09. The van der Waals surface area contributed by atoms with Crippen molar-refractivity contribution in [2.45, 2.75) is 31.3 Å². The molecule has 3 heteroatoms. The second-order valence-corrected chi connectivity index (χ2v) is 5.14. The molecule has 18 heavy (non-hydrogen) atoms. The first-order valence-electron chi connectivity index (χ1n) is 6.73. The van der Waals surface area contributed by atoms with Gasteiger partial charge in [0.1, 0.15) is 0 Å². The summed E-state index contributed by atoms with van der Waals surface area (Å²) in [5.74, 6) is 0.731. The quantitative estimate of drug-likeness (QED) is 0.735. The van der Waals surface area contributed by atoms with Gasteiger partial charge in [-0.1, -0.05) is 30.3 Å². The predicted octanol–water partition coefficient (Wildman–Crippen LogP) is 1.60. The average molecular weight is 249 g/mol. The van der Waals surface area contributed by atoms with E-state index in [9.17, 15) is 5.11 Å². The van der Waals surface area contributed by atoms with Gasteiger partial charge >= 0.3 is 0 Å². The molecule has 0 saturated heterocycles. The number of hydrogen-bond acceptors (Lipinski definition) is 3. The molecule has 0 bridgehead atoms. The van der Waals surface area contributed by atoms with Gasteiger partial charge in [-0.3, -0.25) is 0 Å². The van der Waals surface area contributed by atoms with Crippen molar-refractivity contribution in [1.82, 2.24) is 5.32 Å². The van der Waals surface area contributed by atoms with Crippen molar-refractivity contribution in [3.05, 3.63) is 35.9 Å². The molecule has 0 aliphatic heterocycles. The lowest BCUT2D eigenvalue weighted by Crippen LogP contribution is -2.45. The summed E-state index contributed by atoms with van der Waals surface area (Å²) >= 11 is 0. The van der Waals surface area contributed by atoms with Crippen LogP contribution in [0.15, 0.2) is 30.3 Å². The molecule has 1 aromatic rings. The fourth-order valence-corrected chi connectivity index (χ4v) is 2.38.